The van der Waals surface area contributed by atoms with E-state index in [1.807, 2.05) is 6.26 Å². The lowest BCUT2D eigenvalue weighted by Crippen LogP contribution is -2.33. The molecule has 1 fully saturated rings. The van der Waals surface area contributed by atoms with Gasteiger partial charge in [-0.3, -0.25) is 4.90 Å². The van der Waals surface area contributed by atoms with Crippen molar-refractivity contribution >= 4 is 0 Å². The summed E-state index contributed by atoms with van der Waals surface area (Å²) in [5.41, 5.74) is 1.31. The molecule has 1 aliphatic rings. The molecule has 1 aromatic rings. The van der Waals surface area contributed by atoms with E-state index in [9.17, 15) is 0 Å². The standard InChI is InChI=1S/C15H26N2O/c1-3-16-11-13-9-10-18-15(13)12-17(2)14-7-5-4-6-8-14/h9-10,14,16H,3-8,11-12H2,1-2H3. The first-order chi connectivity index (χ1) is 8.81. The first kappa shape index (κ1) is 13.6. The third-order valence-corrected chi connectivity index (χ3v) is 3.99. The molecular formula is C15H26N2O. The highest BCUT2D eigenvalue weighted by Gasteiger charge is 2.19. The Morgan fingerprint density at radius 1 is 1.33 bits per heavy atom. The fraction of sp³-hybridized carbons (Fsp3) is 0.733. The number of hydrogen-bond donors (Lipinski definition) is 1. The summed E-state index contributed by atoms with van der Waals surface area (Å²) in [7, 11) is 2.23. The molecule has 0 unspecified atom stereocenters. The molecule has 0 bridgehead atoms. The lowest BCUT2D eigenvalue weighted by atomic mass is 9.94. The number of nitrogens with zero attached hydrogens (tertiary/aromatic N) is 1. The maximum Gasteiger partial charge on any atom is 0.122 e. The van der Waals surface area contributed by atoms with E-state index in [0.717, 1.165) is 31.4 Å². The van der Waals surface area contributed by atoms with Crippen LogP contribution in [-0.4, -0.2) is 24.5 Å². The molecule has 1 aromatic heterocycles. The van der Waals surface area contributed by atoms with Gasteiger partial charge in [0.1, 0.15) is 5.76 Å². The maximum atomic E-state index is 5.64. The Morgan fingerprint density at radius 2 is 2.11 bits per heavy atom. The molecule has 1 N–H and O–H groups in total. The largest absolute Gasteiger partial charge is 0.468 e. The predicted molar refractivity (Wildman–Crippen MR) is 74.4 cm³/mol. The molecule has 1 aliphatic carbocycles. The van der Waals surface area contributed by atoms with Crippen LogP contribution < -0.4 is 5.32 Å². The Morgan fingerprint density at radius 3 is 2.83 bits per heavy atom. The Bertz CT molecular complexity index is 342. The van der Waals surface area contributed by atoms with E-state index in [2.05, 4.69) is 30.3 Å². The molecule has 0 spiro atoms. The first-order valence-electron chi connectivity index (χ1n) is 7.27. The summed E-state index contributed by atoms with van der Waals surface area (Å²) in [6, 6.07) is 2.84. The second-order valence-electron chi connectivity index (χ2n) is 5.36. The van der Waals surface area contributed by atoms with Gasteiger partial charge in [-0.1, -0.05) is 26.2 Å². The zero-order chi connectivity index (χ0) is 12.8. The summed E-state index contributed by atoms with van der Waals surface area (Å²) < 4.78 is 5.64. The first-order valence-corrected chi connectivity index (χ1v) is 7.27. The van der Waals surface area contributed by atoms with Crippen LogP contribution in [0.2, 0.25) is 0 Å². The molecule has 3 nitrogen and oxygen atoms in total. The van der Waals surface area contributed by atoms with E-state index in [4.69, 9.17) is 4.42 Å². The van der Waals surface area contributed by atoms with Gasteiger partial charge in [0.2, 0.25) is 0 Å². The van der Waals surface area contributed by atoms with Crippen LogP contribution in [0.15, 0.2) is 16.7 Å². The summed E-state index contributed by atoms with van der Waals surface area (Å²) in [5, 5.41) is 3.37. The van der Waals surface area contributed by atoms with Crippen LogP contribution in [0.1, 0.15) is 50.4 Å². The minimum absolute atomic E-state index is 0.746. The van der Waals surface area contributed by atoms with Gasteiger partial charge in [0.05, 0.1) is 12.8 Å². The van der Waals surface area contributed by atoms with Crippen LogP contribution in [0.5, 0.6) is 0 Å². The molecule has 0 aromatic carbocycles. The zero-order valence-electron chi connectivity index (χ0n) is 11.7. The van der Waals surface area contributed by atoms with Gasteiger partial charge in [-0.05, 0) is 32.5 Å². The van der Waals surface area contributed by atoms with E-state index in [1.165, 1.54) is 37.7 Å². The molecule has 1 heterocycles. The Labute approximate surface area is 111 Å². The lowest BCUT2D eigenvalue weighted by Gasteiger charge is -2.30. The smallest absolute Gasteiger partial charge is 0.122 e. The van der Waals surface area contributed by atoms with Crippen LogP contribution >= 0.6 is 0 Å². The van der Waals surface area contributed by atoms with Crippen molar-refractivity contribution in [2.24, 2.45) is 0 Å². The second kappa shape index (κ2) is 6.95. The van der Waals surface area contributed by atoms with Crippen molar-refractivity contribution in [3.63, 3.8) is 0 Å². The van der Waals surface area contributed by atoms with E-state index in [-0.39, 0.29) is 0 Å². The van der Waals surface area contributed by atoms with Crippen LogP contribution in [-0.2, 0) is 13.1 Å². The Hall–Kier alpha value is -0.800. The summed E-state index contributed by atoms with van der Waals surface area (Å²) in [6.07, 6.45) is 8.70. The molecule has 3 heteroatoms. The van der Waals surface area contributed by atoms with Gasteiger partial charge in [0.25, 0.3) is 0 Å². The summed E-state index contributed by atoms with van der Waals surface area (Å²) in [4.78, 5) is 2.47. The molecule has 0 saturated heterocycles. The predicted octanol–water partition coefficient (Wildman–Crippen LogP) is 3.15. The van der Waals surface area contributed by atoms with Crippen molar-refractivity contribution in [1.29, 1.82) is 0 Å². The highest BCUT2D eigenvalue weighted by Crippen LogP contribution is 2.23. The molecule has 102 valence electrons. The van der Waals surface area contributed by atoms with Crippen LogP contribution in [0.3, 0.4) is 0 Å². The van der Waals surface area contributed by atoms with E-state index >= 15 is 0 Å². The normalized spacial score (nSPS) is 17.5. The number of furan rings is 1. The van der Waals surface area contributed by atoms with Crippen molar-refractivity contribution in [1.82, 2.24) is 10.2 Å². The van der Waals surface area contributed by atoms with Crippen LogP contribution in [0.25, 0.3) is 0 Å². The van der Waals surface area contributed by atoms with E-state index in [0.29, 0.717) is 0 Å². The minimum Gasteiger partial charge on any atom is -0.468 e. The summed E-state index contributed by atoms with van der Waals surface area (Å²) in [5.74, 6) is 1.13. The quantitative estimate of drug-likeness (QED) is 0.840. The van der Waals surface area contributed by atoms with Gasteiger partial charge in [0.15, 0.2) is 0 Å². The number of rotatable bonds is 6. The number of nitrogens with one attached hydrogen (secondary N) is 1. The summed E-state index contributed by atoms with van der Waals surface area (Å²) >= 11 is 0. The zero-order valence-corrected chi connectivity index (χ0v) is 11.7. The van der Waals surface area contributed by atoms with Crippen molar-refractivity contribution in [2.75, 3.05) is 13.6 Å². The monoisotopic (exact) mass is 250 g/mol. The third-order valence-electron chi connectivity index (χ3n) is 3.99. The van der Waals surface area contributed by atoms with Crippen LogP contribution in [0.4, 0.5) is 0 Å². The maximum absolute atomic E-state index is 5.64. The van der Waals surface area contributed by atoms with Gasteiger partial charge in [0, 0.05) is 18.2 Å². The van der Waals surface area contributed by atoms with Crippen molar-refractivity contribution in [3.8, 4) is 0 Å². The van der Waals surface area contributed by atoms with E-state index in [1.54, 1.807) is 0 Å². The SMILES string of the molecule is CCNCc1ccoc1CN(C)C1CCCCC1. The molecule has 0 amide bonds. The fourth-order valence-electron chi connectivity index (χ4n) is 2.80. The molecule has 2 rings (SSSR count). The van der Waals surface area contributed by atoms with Gasteiger partial charge in [-0.15, -0.1) is 0 Å². The van der Waals surface area contributed by atoms with E-state index < -0.39 is 0 Å². The minimum atomic E-state index is 0.746. The second-order valence-corrected chi connectivity index (χ2v) is 5.36. The van der Waals surface area contributed by atoms with Gasteiger partial charge >= 0.3 is 0 Å². The molecule has 0 atom stereocenters. The van der Waals surface area contributed by atoms with Crippen molar-refractivity contribution in [2.45, 2.75) is 58.2 Å². The Balaban J connectivity index is 1.89. The lowest BCUT2D eigenvalue weighted by molar-refractivity contribution is 0.172. The summed E-state index contributed by atoms with van der Waals surface area (Å²) in [6.45, 7) is 5.00. The highest BCUT2D eigenvalue weighted by molar-refractivity contribution is 5.16. The average molecular weight is 250 g/mol. The van der Waals surface area contributed by atoms with Crippen LogP contribution in [0, 0.1) is 0 Å². The molecule has 0 aliphatic heterocycles. The fourth-order valence-corrected chi connectivity index (χ4v) is 2.80. The van der Waals surface area contributed by atoms with Gasteiger partial charge < -0.3 is 9.73 Å². The highest BCUT2D eigenvalue weighted by atomic mass is 16.3. The third kappa shape index (κ3) is 3.59. The number of hydrogen-bond acceptors (Lipinski definition) is 3. The molecule has 0 radical (unpaired) electrons. The average Bonchev–Trinajstić information content (AvgIpc) is 2.84. The van der Waals surface area contributed by atoms with Crippen molar-refractivity contribution < 1.29 is 4.42 Å². The van der Waals surface area contributed by atoms with Crippen molar-refractivity contribution in [3.05, 3.63) is 23.7 Å². The van der Waals surface area contributed by atoms with Gasteiger partial charge in [-0.2, -0.15) is 0 Å². The molecular weight excluding hydrogens is 224 g/mol. The Kier molecular flexibility index (Phi) is 5.26. The molecule has 1 saturated carbocycles. The molecule has 18 heavy (non-hydrogen) atoms. The van der Waals surface area contributed by atoms with Gasteiger partial charge in [-0.25, -0.2) is 0 Å². The topological polar surface area (TPSA) is 28.4 Å².